The third-order valence-corrected chi connectivity index (χ3v) is 1.09. The molecule has 0 saturated carbocycles. The highest BCUT2D eigenvalue weighted by Gasteiger charge is 1.97. The number of hydrogen-bond acceptors (Lipinski definition) is 1. The second-order valence-electron chi connectivity index (χ2n) is 1.54. The predicted octanol–water partition coefficient (Wildman–Crippen LogP) is 0.883. The Hall–Kier alpha value is -0.460. The fourth-order valence-electron chi connectivity index (χ4n) is 0.473. The van der Waals surface area contributed by atoms with E-state index in [1.165, 1.54) is 12.0 Å². The van der Waals surface area contributed by atoms with Crippen LogP contribution in [0.3, 0.4) is 0 Å². The van der Waals surface area contributed by atoms with Crippen LogP contribution < -0.4 is 5.32 Å². The Kier molecular flexibility index (Phi) is 0.825. The van der Waals surface area contributed by atoms with Crippen molar-refractivity contribution in [2.45, 2.75) is 13.3 Å². The summed E-state index contributed by atoms with van der Waals surface area (Å²) in [5, 5.41) is 3.05. The molecular formula is C5H9N. The lowest BCUT2D eigenvalue weighted by atomic mass is 10.1. The quantitative estimate of drug-likeness (QED) is 0.496. The summed E-state index contributed by atoms with van der Waals surface area (Å²) in [4.78, 5) is 0. The highest BCUT2D eigenvalue weighted by Crippen LogP contribution is 2.02. The first-order chi connectivity index (χ1) is 2.93. The van der Waals surface area contributed by atoms with E-state index in [1.807, 2.05) is 0 Å². The molecule has 1 N–H and O–H groups in total. The largest absolute Gasteiger partial charge is 0.387 e. The lowest BCUT2D eigenvalue weighted by Crippen LogP contribution is -2.20. The van der Waals surface area contributed by atoms with Gasteiger partial charge in [-0.3, -0.25) is 0 Å². The number of rotatable bonds is 1. The zero-order chi connectivity index (χ0) is 4.41. The van der Waals surface area contributed by atoms with Crippen molar-refractivity contribution < 1.29 is 0 Å². The van der Waals surface area contributed by atoms with E-state index in [9.17, 15) is 0 Å². The molecule has 1 nitrogen and oxygen atoms in total. The molecule has 0 unspecified atom stereocenters. The van der Waals surface area contributed by atoms with Crippen LogP contribution in [-0.2, 0) is 0 Å². The molecule has 0 amide bonds. The van der Waals surface area contributed by atoms with Crippen LogP contribution in [0.2, 0.25) is 0 Å². The fourth-order valence-corrected chi connectivity index (χ4v) is 0.473. The number of hydrogen-bond donors (Lipinski definition) is 1. The van der Waals surface area contributed by atoms with Gasteiger partial charge in [0.2, 0.25) is 0 Å². The first-order valence-corrected chi connectivity index (χ1v) is 2.35. The maximum atomic E-state index is 3.05. The standard InChI is InChI=1S/C5H9N/c1-2-5-3-6-4-5/h3,6H,2,4H2,1H3. The van der Waals surface area contributed by atoms with Gasteiger partial charge in [-0.15, -0.1) is 0 Å². The van der Waals surface area contributed by atoms with Gasteiger partial charge in [0.1, 0.15) is 0 Å². The lowest BCUT2D eigenvalue weighted by Gasteiger charge is -2.13. The molecule has 0 saturated heterocycles. The van der Waals surface area contributed by atoms with Crippen molar-refractivity contribution in [3.8, 4) is 0 Å². The molecule has 0 aromatic carbocycles. The van der Waals surface area contributed by atoms with Crippen LogP contribution in [-0.4, -0.2) is 6.54 Å². The van der Waals surface area contributed by atoms with Gasteiger partial charge >= 0.3 is 0 Å². The lowest BCUT2D eigenvalue weighted by molar-refractivity contribution is 0.787. The van der Waals surface area contributed by atoms with Crippen LogP contribution in [0.15, 0.2) is 11.8 Å². The summed E-state index contributed by atoms with van der Waals surface area (Å²) in [6.07, 6.45) is 3.28. The minimum absolute atomic E-state index is 1.12. The smallest absolute Gasteiger partial charge is 0.0371 e. The van der Waals surface area contributed by atoms with E-state index >= 15 is 0 Å². The van der Waals surface area contributed by atoms with Crippen molar-refractivity contribution in [1.82, 2.24) is 5.32 Å². The van der Waals surface area contributed by atoms with E-state index in [4.69, 9.17) is 0 Å². The van der Waals surface area contributed by atoms with Crippen LogP contribution in [0, 0.1) is 0 Å². The van der Waals surface area contributed by atoms with Gasteiger partial charge in [0.05, 0.1) is 0 Å². The monoisotopic (exact) mass is 83.1 g/mol. The first-order valence-electron chi connectivity index (χ1n) is 2.35. The highest BCUT2D eigenvalue weighted by molar-refractivity contribution is 5.11. The molecule has 34 valence electrons. The Morgan fingerprint density at radius 1 is 2.00 bits per heavy atom. The Bertz CT molecular complexity index is 74.0. The summed E-state index contributed by atoms with van der Waals surface area (Å²) in [7, 11) is 0. The minimum Gasteiger partial charge on any atom is -0.387 e. The van der Waals surface area contributed by atoms with E-state index in [2.05, 4.69) is 18.4 Å². The molecule has 0 bridgehead atoms. The summed E-state index contributed by atoms with van der Waals surface area (Å²) < 4.78 is 0. The third-order valence-electron chi connectivity index (χ3n) is 1.09. The van der Waals surface area contributed by atoms with Crippen molar-refractivity contribution in [3.63, 3.8) is 0 Å². The van der Waals surface area contributed by atoms with Crippen LogP contribution in [0.5, 0.6) is 0 Å². The normalized spacial score (nSPS) is 17.8. The summed E-state index contributed by atoms with van der Waals surface area (Å²) >= 11 is 0. The molecule has 1 rings (SSSR count). The Balaban J connectivity index is 2.32. The molecule has 0 aliphatic carbocycles. The van der Waals surface area contributed by atoms with Crippen molar-refractivity contribution >= 4 is 0 Å². The third kappa shape index (κ3) is 0.402. The minimum atomic E-state index is 1.12. The van der Waals surface area contributed by atoms with Gasteiger partial charge in [0.25, 0.3) is 0 Å². The Morgan fingerprint density at radius 2 is 2.67 bits per heavy atom. The second kappa shape index (κ2) is 1.33. The molecule has 0 aromatic rings. The van der Waals surface area contributed by atoms with Crippen LogP contribution in [0.25, 0.3) is 0 Å². The van der Waals surface area contributed by atoms with E-state index < -0.39 is 0 Å². The second-order valence-corrected chi connectivity index (χ2v) is 1.54. The van der Waals surface area contributed by atoms with Gasteiger partial charge in [0.15, 0.2) is 0 Å². The molecule has 0 spiro atoms. The Labute approximate surface area is 38.1 Å². The molecule has 0 radical (unpaired) electrons. The van der Waals surface area contributed by atoms with Crippen LogP contribution >= 0.6 is 0 Å². The van der Waals surface area contributed by atoms with Gasteiger partial charge in [-0.1, -0.05) is 6.92 Å². The molecule has 1 heterocycles. The van der Waals surface area contributed by atoms with Crippen LogP contribution in [0.1, 0.15) is 13.3 Å². The van der Waals surface area contributed by atoms with Crippen molar-refractivity contribution in [2.75, 3.05) is 6.54 Å². The zero-order valence-corrected chi connectivity index (χ0v) is 3.99. The zero-order valence-electron chi connectivity index (χ0n) is 3.99. The van der Waals surface area contributed by atoms with Gasteiger partial charge in [0, 0.05) is 6.54 Å². The summed E-state index contributed by atoms with van der Waals surface area (Å²) in [6, 6.07) is 0. The average Bonchev–Trinajstić information content (AvgIpc) is 1.31. The molecule has 0 aromatic heterocycles. The van der Waals surface area contributed by atoms with Gasteiger partial charge < -0.3 is 5.32 Å². The molecule has 1 aliphatic heterocycles. The van der Waals surface area contributed by atoms with Gasteiger partial charge in [-0.05, 0) is 18.2 Å². The van der Waals surface area contributed by atoms with E-state index in [0.717, 1.165) is 6.54 Å². The maximum Gasteiger partial charge on any atom is 0.0371 e. The summed E-state index contributed by atoms with van der Waals surface area (Å²) in [5.74, 6) is 0. The SMILES string of the molecule is CCC1=CNC1. The van der Waals surface area contributed by atoms with E-state index in [1.54, 1.807) is 0 Å². The van der Waals surface area contributed by atoms with Crippen molar-refractivity contribution in [2.24, 2.45) is 0 Å². The average molecular weight is 83.1 g/mol. The van der Waals surface area contributed by atoms with Gasteiger partial charge in [-0.25, -0.2) is 0 Å². The van der Waals surface area contributed by atoms with Gasteiger partial charge in [-0.2, -0.15) is 0 Å². The maximum absolute atomic E-state index is 3.05. The fraction of sp³-hybridized carbons (Fsp3) is 0.600. The Morgan fingerprint density at radius 3 is 2.67 bits per heavy atom. The first kappa shape index (κ1) is 3.72. The van der Waals surface area contributed by atoms with Crippen LogP contribution in [0.4, 0.5) is 0 Å². The highest BCUT2D eigenvalue weighted by atomic mass is 14.9. The number of nitrogens with one attached hydrogen (secondary N) is 1. The molecule has 1 heteroatoms. The predicted molar refractivity (Wildman–Crippen MR) is 26.4 cm³/mol. The summed E-state index contributed by atoms with van der Waals surface area (Å²) in [5.41, 5.74) is 1.54. The molecule has 1 aliphatic rings. The molecule has 6 heavy (non-hydrogen) atoms. The molecule has 0 fully saturated rings. The topological polar surface area (TPSA) is 12.0 Å². The van der Waals surface area contributed by atoms with E-state index in [-0.39, 0.29) is 0 Å². The van der Waals surface area contributed by atoms with Crippen molar-refractivity contribution in [1.29, 1.82) is 0 Å². The summed E-state index contributed by atoms with van der Waals surface area (Å²) in [6.45, 7) is 3.29. The molecule has 0 atom stereocenters. The van der Waals surface area contributed by atoms with Crippen molar-refractivity contribution in [3.05, 3.63) is 11.8 Å². The molecular weight excluding hydrogens is 74.1 g/mol. The van der Waals surface area contributed by atoms with E-state index in [0.29, 0.717) is 0 Å².